The highest BCUT2D eigenvalue weighted by molar-refractivity contribution is 5.94. The van der Waals surface area contributed by atoms with Crippen LogP contribution in [0.1, 0.15) is 10.4 Å². The van der Waals surface area contributed by atoms with Crippen LogP contribution in [0.2, 0.25) is 0 Å². The second-order valence-electron chi connectivity index (χ2n) is 5.55. The summed E-state index contributed by atoms with van der Waals surface area (Å²) in [5, 5.41) is 4.97. The normalized spacial score (nSPS) is 14.8. The molecule has 3 amide bonds. The first-order valence-corrected chi connectivity index (χ1v) is 7.59. The summed E-state index contributed by atoms with van der Waals surface area (Å²) in [6.07, 6.45) is -4.76. The van der Waals surface area contributed by atoms with Gasteiger partial charge in [0, 0.05) is 37.4 Å². The lowest BCUT2D eigenvalue weighted by molar-refractivity contribution is -0.187. The van der Waals surface area contributed by atoms with Gasteiger partial charge in [-0.1, -0.05) is 0 Å². The first-order valence-electron chi connectivity index (χ1n) is 7.59. The average molecular weight is 360 g/mol. The standard InChI is InChI=1S/C15H19F3N4O3/c16-15(17,18)9-25-12-7-22(8-12)11-3-1-10(2-4-11)13(23)20-5-6-21-14(19)24/h1-4,12H,5-9H2,(H,20,23)(H3,19,21,24). The number of nitrogens with two attached hydrogens (primary N) is 1. The van der Waals surface area contributed by atoms with Gasteiger partial charge in [-0.15, -0.1) is 0 Å². The number of hydrogen-bond donors (Lipinski definition) is 3. The van der Waals surface area contributed by atoms with Gasteiger partial charge in [0.1, 0.15) is 6.61 Å². The van der Waals surface area contributed by atoms with Crippen molar-refractivity contribution in [3.63, 3.8) is 0 Å². The van der Waals surface area contributed by atoms with E-state index in [0.29, 0.717) is 18.7 Å². The molecule has 0 saturated carbocycles. The number of carbonyl (C=O) groups excluding carboxylic acids is 2. The zero-order valence-electron chi connectivity index (χ0n) is 13.3. The fourth-order valence-electron chi connectivity index (χ4n) is 2.25. The maximum absolute atomic E-state index is 12.1. The van der Waals surface area contributed by atoms with E-state index in [2.05, 4.69) is 10.6 Å². The quantitative estimate of drug-likeness (QED) is 0.628. The minimum absolute atomic E-state index is 0.228. The number of rotatable bonds is 7. The minimum Gasteiger partial charge on any atom is -0.366 e. The van der Waals surface area contributed by atoms with Gasteiger partial charge >= 0.3 is 12.2 Å². The molecule has 1 heterocycles. The lowest BCUT2D eigenvalue weighted by Gasteiger charge is -2.40. The highest BCUT2D eigenvalue weighted by atomic mass is 19.4. The van der Waals surface area contributed by atoms with Gasteiger partial charge in [-0.25, -0.2) is 4.79 Å². The summed E-state index contributed by atoms with van der Waals surface area (Å²) in [6.45, 7) is -0.0177. The first-order chi connectivity index (χ1) is 11.7. The van der Waals surface area contributed by atoms with Crippen LogP contribution in [-0.2, 0) is 4.74 Å². The Hall–Kier alpha value is -2.49. The van der Waals surface area contributed by atoms with Crippen molar-refractivity contribution in [1.82, 2.24) is 10.6 Å². The lowest BCUT2D eigenvalue weighted by Crippen LogP contribution is -2.53. The van der Waals surface area contributed by atoms with Gasteiger partial charge in [0.2, 0.25) is 0 Å². The SMILES string of the molecule is NC(=O)NCCNC(=O)c1ccc(N2CC(OCC(F)(F)F)C2)cc1. The Bertz CT molecular complexity index is 601. The van der Waals surface area contributed by atoms with Crippen molar-refractivity contribution in [3.8, 4) is 0 Å². The third-order valence-electron chi connectivity index (χ3n) is 3.54. The average Bonchev–Trinajstić information content (AvgIpc) is 2.49. The number of primary amides is 1. The van der Waals surface area contributed by atoms with E-state index in [-0.39, 0.29) is 19.0 Å². The van der Waals surface area contributed by atoms with Gasteiger partial charge in [-0.2, -0.15) is 13.2 Å². The number of carbonyl (C=O) groups is 2. The van der Waals surface area contributed by atoms with Gasteiger partial charge < -0.3 is 26.0 Å². The topological polar surface area (TPSA) is 96.7 Å². The lowest BCUT2D eigenvalue weighted by atomic mass is 10.1. The van der Waals surface area contributed by atoms with E-state index in [4.69, 9.17) is 10.5 Å². The molecule has 0 aliphatic carbocycles. The van der Waals surface area contributed by atoms with Crippen LogP contribution in [0, 0.1) is 0 Å². The van der Waals surface area contributed by atoms with Crippen molar-refractivity contribution in [3.05, 3.63) is 29.8 Å². The zero-order valence-corrected chi connectivity index (χ0v) is 13.3. The second-order valence-corrected chi connectivity index (χ2v) is 5.55. The highest BCUT2D eigenvalue weighted by Crippen LogP contribution is 2.24. The van der Waals surface area contributed by atoms with Crippen molar-refractivity contribution in [2.45, 2.75) is 12.3 Å². The Labute approximate surface area is 142 Å². The molecule has 0 atom stereocenters. The largest absolute Gasteiger partial charge is 0.411 e. The van der Waals surface area contributed by atoms with E-state index < -0.39 is 24.9 Å². The van der Waals surface area contributed by atoms with Gasteiger partial charge in [-0.3, -0.25) is 4.79 Å². The Morgan fingerprint density at radius 3 is 2.32 bits per heavy atom. The number of halogens is 3. The van der Waals surface area contributed by atoms with Crippen LogP contribution in [0.15, 0.2) is 24.3 Å². The molecule has 2 rings (SSSR count). The maximum Gasteiger partial charge on any atom is 0.411 e. The fourth-order valence-corrected chi connectivity index (χ4v) is 2.25. The smallest absolute Gasteiger partial charge is 0.366 e. The van der Waals surface area contributed by atoms with Gasteiger partial charge in [0.25, 0.3) is 5.91 Å². The molecule has 1 aromatic rings. The third kappa shape index (κ3) is 6.14. The van der Waals surface area contributed by atoms with E-state index in [1.807, 2.05) is 4.90 Å². The third-order valence-corrected chi connectivity index (χ3v) is 3.54. The molecule has 1 aliphatic heterocycles. The number of anilines is 1. The number of ether oxygens (including phenoxy) is 1. The molecule has 0 unspecified atom stereocenters. The first kappa shape index (κ1) is 18.8. The summed E-state index contributed by atoms with van der Waals surface area (Å²) in [7, 11) is 0. The molecule has 0 spiro atoms. The minimum atomic E-state index is -4.32. The van der Waals surface area contributed by atoms with Gasteiger partial charge in [0.05, 0.1) is 6.10 Å². The fraction of sp³-hybridized carbons (Fsp3) is 0.467. The Balaban J connectivity index is 1.73. The van der Waals surface area contributed by atoms with Crippen molar-refractivity contribution in [2.24, 2.45) is 5.73 Å². The molecule has 138 valence electrons. The predicted molar refractivity (Wildman–Crippen MR) is 84.4 cm³/mol. The number of nitrogens with zero attached hydrogens (tertiary/aromatic N) is 1. The van der Waals surface area contributed by atoms with Crippen LogP contribution in [0.4, 0.5) is 23.7 Å². The van der Waals surface area contributed by atoms with Crippen molar-refractivity contribution >= 4 is 17.6 Å². The molecule has 25 heavy (non-hydrogen) atoms. The molecule has 0 bridgehead atoms. The molecule has 1 aliphatic rings. The molecule has 0 radical (unpaired) electrons. The van der Waals surface area contributed by atoms with Crippen molar-refractivity contribution < 1.29 is 27.5 Å². The summed E-state index contributed by atoms with van der Waals surface area (Å²) >= 11 is 0. The number of hydrogen-bond acceptors (Lipinski definition) is 4. The number of amides is 3. The Kier molecular flexibility index (Phi) is 6.07. The summed E-state index contributed by atoms with van der Waals surface area (Å²) in [5.74, 6) is -0.298. The highest BCUT2D eigenvalue weighted by Gasteiger charge is 2.34. The zero-order chi connectivity index (χ0) is 18.4. The maximum atomic E-state index is 12.1. The molecule has 1 fully saturated rings. The van der Waals surface area contributed by atoms with E-state index in [1.54, 1.807) is 24.3 Å². The molecule has 1 saturated heterocycles. The van der Waals surface area contributed by atoms with Crippen LogP contribution in [0.25, 0.3) is 0 Å². The number of nitrogens with one attached hydrogen (secondary N) is 2. The Morgan fingerprint density at radius 2 is 1.76 bits per heavy atom. The van der Waals surface area contributed by atoms with Crippen molar-refractivity contribution in [1.29, 1.82) is 0 Å². The number of urea groups is 1. The summed E-state index contributed by atoms with van der Waals surface area (Å²) < 4.78 is 41.0. The van der Waals surface area contributed by atoms with Crippen LogP contribution >= 0.6 is 0 Å². The summed E-state index contributed by atoms with van der Waals surface area (Å²) in [5.41, 5.74) is 6.14. The van der Waals surface area contributed by atoms with E-state index in [0.717, 1.165) is 5.69 Å². The number of benzene rings is 1. The van der Waals surface area contributed by atoms with Crippen LogP contribution < -0.4 is 21.3 Å². The van der Waals surface area contributed by atoms with E-state index in [9.17, 15) is 22.8 Å². The van der Waals surface area contributed by atoms with Gasteiger partial charge in [0.15, 0.2) is 0 Å². The monoisotopic (exact) mass is 360 g/mol. The summed E-state index contributed by atoms with van der Waals surface area (Å²) in [6, 6.07) is 6.02. The van der Waals surface area contributed by atoms with Crippen LogP contribution in [0.5, 0.6) is 0 Å². The molecule has 1 aromatic carbocycles. The van der Waals surface area contributed by atoms with Crippen molar-refractivity contribution in [2.75, 3.05) is 37.7 Å². The molecular formula is C15H19F3N4O3. The summed E-state index contributed by atoms with van der Waals surface area (Å²) in [4.78, 5) is 24.2. The van der Waals surface area contributed by atoms with E-state index >= 15 is 0 Å². The van der Waals surface area contributed by atoms with E-state index in [1.165, 1.54) is 0 Å². The van der Waals surface area contributed by atoms with Gasteiger partial charge in [-0.05, 0) is 24.3 Å². The number of alkyl halides is 3. The second kappa shape index (κ2) is 8.06. The molecule has 7 nitrogen and oxygen atoms in total. The Morgan fingerprint density at radius 1 is 1.16 bits per heavy atom. The van der Waals surface area contributed by atoms with Crippen LogP contribution in [0.3, 0.4) is 0 Å². The molecular weight excluding hydrogens is 341 g/mol. The molecule has 0 aromatic heterocycles. The molecule has 4 N–H and O–H groups in total. The predicted octanol–water partition coefficient (Wildman–Crippen LogP) is 0.852. The molecule has 10 heteroatoms. The van der Waals surface area contributed by atoms with Crippen LogP contribution in [-0.4, -0.2) is 57.0 Å².